The zero-order valence-corrected chi connectivity index (χ0v) is 14.1. The van der Waals surface area contributed by atoms with E-state index in [-0.39, 0.29) is 5.69 Å². The lowest BCUT2D eigenvalue weighted by molar-refractivity contribution is -0.927. The van der Waals surface area contributed by atoms with E-state index in [1.54, 1.807) is 0 Å². The molecule has 1 N–H and O–H groups in total. The fourth-order valence-corrected chi connectivity index (χ4v) is 4.05. The van der Waals surface area contributed by atoms with Crippen molar-refractivity contribution in [3.8, 4) is 0 Å². The molecule has 0 bridgehead atoms. The zero-order chi connectivity index (χ0) is 16.6. The van der Waals surface area contributed by atoms with Crippen LogP contribution in [0.4, 0.5) is 0 Å². The highest BCUT2D eigenvalue weighted by Gasteiger charge is 2.32. The average molecular weight is 322 g/mol. The lowest BCUT2D eigenvalue weighted by atomic mass is 10.0. The quantitative estimate of drug-likeness (QED) is 0.738. The number of benzene rings is 2. The molecule has 124 valence electrons. The van der Waals surface area contributed by atoms with Crippen molar-refractivity contribution in [2.75, 3.05) is 20.1 Å². The minimum absolute atomic E-state index is 0.0281. The summed E-state index contributed by atoms with van der Waals surface area (Å²) >= 11 is 0. The van der Waals surface area contributed by atoms with Crippen LogP contribution in [-0.2, 0) is 6.54 Å². The first-order valence-electron chi connectivity index (χ1n) is 8.71. The molecule has 0 atom stereocenters. The Morgan fingerprint density at radius 3 is 2.46 bits per heavy atom. The molecule has 0 spiro atoms. The fraction of sp³-hybridized carbons (Fsp3) is 0.350. The Morgan fingerprint density at radius 2 is 1.71 bits per heavy atom. The van der Waals surface area contributed by atoms with E-state index in [1.807, 2.05) is 28.8 Å². The van der Waals surface area contributed by atoms with Gasteiger partial charge in [-0.1, -0.05) is 42.5 Å². The number of hydrogen-bond donors (Lipinski definition) is 1. The van der Waals surface area contributed by atoms with Crippen LogP contribution < -0.4 is 5.69 Å². The maximum atomic E-state index is 12.4. The molecule has 1 aliphatic rings. The number of likely N-dealkylation sites (tertiary alicyclic amines) is 1. The van der Waals surface area contributed by atoms with E-state index in [1.165, 1.54) is 5.56 Å². The Morgan fingerprint density at radius 1 is 1.04 bits per heavy atom. The summed E-state index contributed by atoms with van der Waals surface area (Å²) in [6.45, 7) is 3.27. The van der Waals surface area contributed by atoms with Gasteiger partial charge in [-0.15, -0.1) is 0 Å². The molecule has 0 amide bonds. The van der Waals surface area contributed by atoms with Crippen molar-refractivity contribution in [2.45, 2.75) is 25.4 Å². The number of fused-ring (bicyclic) bond motifs is 1. The molecule has 1 fully saturated rings. The van der Waals surface area contributed by atoms with Crippen molar-refractivity contribution in [1.82, 2.24) is 9.55 Å². The third-order valence-corrected chi connectivity index (χ3v) is 5.40. The first-order chi connectivity index (χ1) is 11.6. The fourth-order valence-electron chi connectivity index (χ4n) is 4.05. The number of rotatable bonds is 3. The van der Waals surface area contributed by atoms with Crippen molar-refractivity contribution < 1.29 is 4.48 Å². The van der Waals surface area contributed by atoms with E-state index < -0.39 is 0 Å². The van der Waals surface area contributed by atoms with Crippen LogP contribution in [0.2, 0.25) is 0 Å². The van der Waals surface area contributed by atoms with Gasteiger partial charge in [0.15, 0.2) is 0 Å². The van der Waals surface area contributed by atoms with E-state index in [4.69, 9.17) is 0 Å². The molecule has 4 heteroatoms. The lowest BCUT2D eigenvalue weighted by Gasteiger charge is -2.41. The van der Waals surface area contributed by atoms with Gasteiger partial charge in [-0.2, -0.15) is 0 Å². The second kappa shape index (κ2) is 5.95. The highest BCUT2D eigenvalue weighted by Crippen LogP contribution is 2.29. The number of piperidine rings is 1. The van der Waals surface area contributed by atoms with Crippen LogP contribution in [0.3, 0.4) is 0 Å². The van der Waals surface area contributed by atoms with Gasteiger partial charge in [-0.3, -0.25) is 4.57 Å². The number of para-hydroxylation sites is 2. The normalized spacial score (nSPS) is 24.3. The summed E-state index contributed by atoms with van der Waals surface area (Å²) in [4.78, 5) is 15.4. The molecule has 1 aliphatic heterocycles. The first-order valence-corrected chi connectivity index (χ1v) is 8.71. The van der Waals surface area contributed by atoms with Gasteiger partial charge in [0, 0.05) is 24.4 Å². The molecular weight excluding hydrogens is 298 g/mol. The van der Waals surface area contributed by atoms with Gasteiger partial charge in [0.25, 0.3) is 0 Å². The number of nitrogens with one attached hydrogen (secondary N) is 1. The van der Waals surface area contributed by atoms with E-state index in [2.05, 4.69) is 42.4 Å². The van der Waals surface area contributed by atoms with Crippen molar-refractivity contribution in [3.05, 3.63) is 70.6 Å². The number of imidazole rings is 1. The molecule has 0 unspecified atom stereocenters. The van der Waals surface area contributed by atoms with Crippen LogP contribution in [0, 0.1) is 0 Å². The first kappa shape index (κ1) is 15.2. The third-order valence-electron chi connectivity index (χ3n) is 5.40. The number of H-pyrrole nitrogens is 1. The standard InChI is InChI=1S/C20H23N3O/c1-23(15-16-7-3-2-4-8-16)13-11-17(12-14-23)22-19-10-6-5-9-18(19)21-20(22)24/h2-10,17H,11-15H2,1H3/p+1. The second-order valence-corrected chi connectivity index (χ2v) is 7.26. The maximum absolute atomic E-state index is 12.4. The summed E-state index contributed by atoms with van der Waals surface area (Å²) in [6.07, 6.45) is 2.09. The molecule has 3 aromatic rings. The Hall–Kier alpha value is -2.33. The minimum atomic E-state index is 0.0281. The van der Waals surface area contributed by atoms with Gasteiger partial charge in [0.05, 0.1) is 31.2 Å². The third kappa shape index (κ3) is 2.78. The highest BCUT2D eigenvalue weighted by molar-refractivity contribution is 5.75. The van der Waals surface area contributed by atoms with Crippen LogP contribution in [0.5, 0.6) is 0 Å². The smallest absolute Gasteiger partial charge is 0.322 e. The summed E-state index contributed by atoms with van der Waals surface area (Å²) < 4.78 is 3.03. The van der Waals surface area contributed by atoms with E-state index in [0.29, 0.717) is 6.04 Å². The van der Waals surface area contributed by atoms with E-state index in [0.717, 1.165) is 48.0 Å². The second-order valence-electron chi connectivity index (χ2n) is 7.26. The molecular formula is C20H24N3O+. The Labute approximate surface area is 141 Å². The molecule has 0 aliphatic carbocycles. The van der Waals surface area contributed by atoms with Crippen LogP contribution in [0.1, 0.15) is 24.4 Å². The molecule has 1 aromatic heterocycles. The molecule has 24 heavy (non-hydrogen) atoms. The molecule has 1 saturated heterocycles. The van der Waals surface area contributed by atoms with Crippen molar-refractivity contribution in [1.29, 1.82) is 0 Å². The highest BCUT2D eigenvalue weighted by atomic mass is 16.1. The SMILES string of the molecule is C[N+]1(Cc2ccccc2)CCC(n2c(=O)[nH]c3ccccc32)CC1. The molecule has 2 heterocycles. The monoisotopic (exact) mass is 322 g/mol. The van der Waals surface area contributed by atoms with E-state index >= 15 is 0 Å². The van der Waals surface area contributed by atoms with Crippen LogP contribution in [0.15, 0.2) is 59.4 Å². The lowest BCUT2D eigenvalue weighted by Crippen LogP contribution is -2.49. The van der Waals surface area contributed by atoms with Gasteiger partial charge in [0.2, 0.25) is 0 Å². The topological polar surface area (TPSA) is 37.8 Å². The molecule has 4 nitrogen and oxygen atoms in total. The summed E-state index contributed by atoms with van der Waals surface area (Å²) in [5.41, 5.74) is 3.39. The van der Waals surface area contributed by atoms with Gasteiger partial charge in [-0.05, 0) is 12.1 Å². The number of nitrogens with zero attached hydrogens (tertiary/aromatic N) is 2. The van der Waals surface area contributed by atoms with Gasteiger partial charge in [0.1, 0.15) is 6.54 Å². The Bertz CT molecular complexity index is 886. The van der Waals surface area contributed by atoms with Crippen LogP contribution >= 0.6 is 0 Å². The number of hydrogen-bond acceptors (Lipinski definition) is 1. The Kier molecular flexibility index (Phi) is 3.77. The molecule has 0 saturated carbocycles. The van der Waals surface area contributed by atoms with Crippen LogP contribution in [0.25, 0.3) is 11.0 Å². The number of aromatic amines is 1. The van der Waals surface area contributed by atoms with Gasteiger partial charge >= 0.3 is 5.69 Å². The van der Waals surface area contributed by atoms with Crippen molar-refractivity contribution in [3.63, 3.8) is 0 Å². The summed E-state index contributed by atoms with van der Waals surface area (Å²) in [5.74, 6) is 0. The van der Waals surface area contributed by atoms with Crippen LogP contribution in [-0.4, -0.2) is 34.2 Å². The molecule has 4 rings (SSSR count). The predicted octanol–water partition coefficient (Wildman–Crippen LogP) is 3.31. The average Bonchev–Trinajstić information content (AvgIpc) is 2.92. The van der Waals surface area contributed by atoms with Gasteiger partial charge < -0.3 is 9.47 Å². The predicted molar refractivity (Wildman–Crippen MR) is 96.9 cm³/mol. The summed E-state index contributed by atoms with van der Waals surface area (Å²) in [6, 6.07) is 19.0. The van der Waals surface area contributed by atoms with E-state index in [9.17, 15) is 4.79 Å². The summed E-state index contributed by atoms with van der Waals surface area (Å²) in [5, 5.41) is 0. The zero-order valence-electron chi connectivity index (χ0n) is 14.1. The maximum Gasteiger partial charge on any atom is 0.326 e. The minimum Gasteiger partial charge on any atom is -0.322 e. The molecule has 0 radical (unpaired) electrons. The number of quaternary nitrogens is 1. The Balaban J connectivity index is 1.53. The molecule has 2 aromatic carbocycles. The van der Waals surface area contributed by atoms with Crippen molar-refractivity contribution >= 4 is 11.0 Å². The van der Waals surface area contributed by atoms with Gasteiger partial charge in [-0.25, -0.2) is 4.79 Å². The largest absolute Gasteiger partial charge is 0.326 e. The summed E-state index contributed by atoms with van der Waals surface area (Å²) in [7, 11) is 2.33. The number of aromatic nitrogens is 2. The van der Waals surface area contributed by atoms with Crippen molar-refractivity contribution in [2.24, 2.45) is 0 Å².